The zero-order valence-electron chi connectivity index (χ0n) is 10.6. The van der Waals surface area contributed by atoms with E-state index in [-0.39, 0.29) is 5.91 Å². The Balaban J connectivity index is 1.90. The largest absolute Gasteiger partial charge is 0.461 e. The number of benzene rings is 1. The van der Waals surface area contributed by atoms with E-state index < -0.39 is 0 Å². The molecule has 1 amide bonds. The summed E-state index contributed by atoms with van der Waals surface area (Å²) in [4.78, 5) is 11.5. The second-order valence-corrected chi connectivity index (χ2v) is 4.65. The van der Waals surface area contributed by atoms with Crippen LogP contribution < -0.4 is 5.32 Å². The molecule has 0 atom stereocenters. The molecule has 0 aliphatic heterocycles. The van der Waals surface area contributed by atoms with Crippen LogP contribution >= 0.6 is 12.6 Å². The highest BCUT2D eigenvalue weighted by molar-refractivity contribution is 7.80. The SMILES string of the molecule is O=C(CCc1ccc(-c2ccccc2)o1)NCCS. The first kappa shape index (κ1) is 13.7. The number of aryl methyl sites for hydroxylation is 1. The van der Waals surface area contributed by atoms with Gasteiger partial charge in [0.1, 0.15) is 11.5 Å². The molecule has 4 heteroatoms. The van der Waals surface area contributed by atoms with Gasteiger partial charge >= 0.3 is 0 Å². The van der Waals surface area contributed by atoms with Gasteiger partial charge in [-0.25, -0.2) is 0 Å². The molecule has 2 aromatic rings. The number of hydrogen-bond donors (Lipinski definition) is 2. The summed E-state index contributed by atoms with van der Waals surface area (Å²) in [5.74, 6) is 2.36. The normalized spacial score (nSPS) is 10.4. The van der Waals surface area contributed by atoms with Crippen molar-refractivity contribution >= 4 is 18.5 Å². The zero-order valence-corrected chi connectivity index (χ0v) is 11.5. The quantitative estimate of drug-likeness (QED) is 0.796. The Morgan fingerprint density at radius 3 is 2.68 bits per heavy atom. The topological polar surface area (TPSA) is 42.2 Å². The van der Waals surface area contributed by atoms with Crippen LogP contribution in [0.4, 0.5) is 0 Å². The molecule has 1 aromatic heterocycles. The minimum atomic E-state index is 0.0340. The van der Waals surface area contributed by atoms with Gasteiger partial charge in [0.05, 0.1) is 0 Å². The maximum Gasteiger partial charge on any atom is 0.220 e. The fraction of sp³-hybridized carbons (Fsp3) is 0.267. The van der Waals surface area contributed by atoms with Crippen molar-refractivity contribution in [1.82, 2.24) is 5.32 Å². The van der Waals surface area contributed by atoms with Gasteiger partial charge in [0, 0.05) is 30.7 Å². The second kappa shape index (κ2) is 7.04. The minimum absolute atomic E-state index is 0.0340. The smallest absolute Gasteiger partial charge is 0.220 e. The molecular formula is C15H17NO2S. The van der Waals surface area contributed by atoms with Crippen LogP contribution in [0.5, 0.6) is 0 Å². The lowest BCUT2D eigenvalue weighted by molar-refractivity contribution is -0.121. The third-order valence-corrected chi connectivity index (χ3v) is 2.98. The van der Waals surface area contributed by atoms with Crippen LogP contribution in [0.1, 0.15) is 12.2 Å². The summed E-state index contributed by atoms with van der Waals surface area (Å²) >= 11 is 4.04. The Morgan fingerprint density at radius 2 is 1.95 bits per heavy atom. The average Bonchev–Trinajstić information content (AvgIpc) is 2.93. The molecule has 100 valence electrons. The molecule has 0 unspecified atom stereocenters. The fourth-order valence-electron chi connectivity index (χ4n) is 1.79. The highest BCUT2D eigenvalue weighted by Crippen LogP contribution is 2.22. The number of amides is 1. The van der Waals surface area contributed by atoms with Crippen LogP contribution in [0.25, 0.3) is 11.3 Å². The third-order valence-electron chi connectivity index (χ3n) is 2.75. The van der Waals surface area contributed by atoms with Gasteiger partial charge in [-0.05, 0) is 12.1 Å². The third kappa shape index (κ3) is 4.17. The Labute approximate surface area is 118 Å². The number of thiol groups is 1. The molecule has 1 aromatic carbocycles. The number of carbonyl (C=O) groups is 1. The predicted octanol–water partition coefficient (Wildman–Crippen LogP) is 2.93. The van der Waals surface area contributed by atoms with Crippen LogP contribution in [0.3, 0.4) is 0 Å². The van der Waals surface area contributed by atoms with Crippen molar-refractivity contribution in [3.05, 3.63) is 48.2 Å². The van der Waals surface area contributed by atoms with Gasteiger partial charge in [-0.3, -0.25) is 4.79 Å². The van der Waals surface area contributed by atoms with Gasteiger partial charge < -0.3 is 9.73 Å². The maximum absolute atomic E-state index is 11.5. The van der Waals surface area contributed by atoms with Gasteiger partial charge in [0.2, 0.25) is 5.91 Å². The van der Waals surface area contributed by atoms with E-state index in [9.17, 15) is 4.79 Å². The summed E-state index contributed by atoms with van der Waals surface area (Å²) in [6, 6.07) is 13.8. The molecule has 0 aliphatic carbocycles. The van der Waals surface area contributed by atoms with E-state index in [2.05, 4.69) is 17.9 Å². The number of rotatable bonds is 6. The molecule has 1 N–H and O–H groups in total. The van der Waals surface area contributed by atoms with E-state index >= 15 is 0 Å². The van der Waals surface area contributed by atoms with Crippen molar-refractivity contribution in [2.75, 3.05) is 12.3 Å². The molecule has 0 saturated carbocycles. The fourth-order valence-corrected chi connectivity index (χ4v) is 1.90. The summed E-state index contributed by atoms with van der Waals surface area (Å²) in [7, 11) is 0. The molecule has 3 nitrogen and oxygen atoms in total. The highest BCUT2D eigenvalue weighted by Gasteiger charge is 2.06. The Kier molecular flexibility index (Phi) is 5.10. The van der Waals surface area contributed by atoms with Crippen molar-refractivity contribution in [2.45, 2.75) is 12.8 Å². The van der Waals surface area contributed by atoms with Crippen molar-refractivity contribution in [3.8, 4) is 11.3 Å². The summed E-state index contributed by atoms with van der Waals surface area (Å²) in [6.07, 6.45) is 1.06. The Morgan fingerprint density at radius 1 is 1.16 bits per heavy atom. The summed E-state index contributed by atoms with van der Waals surface area (Å²) in [5, 5.41) is 2.78. The lowest BCUT2D eigenvalue weighted by atomic mass is 10.2. The van der Waals surface area contributed by atoms with Crippen molar-refractivity contribution in [3.63, 3.8) is 0 Å². The molecule has 19 heavy (non-hydrogen) atoms. The molecular weight excluding hydrogens is 258 g/mol. The number of nitrogens with one attached hydrogen (secondary N) is 1. The van der Waals surface area contributed by atoms with Crippen LogP contribution in [-0.4, -0.2) is 18.2 Å². The van der Waals surface area contributed by atoms with Gasteiger partial charge in [-0.1, -0.05) is 30.3 Å². The molecule has 0 fully saturated rings. The van der Waals surface area contributed by atoms with Crippen LogP contribution in [-0.2, 0) is 11.2 Å². The standard InChI is InChI=1S/C15H17NO2S/c17-15(16-10-11-19)9-7-13-6-8-14(18-13)12-4-2-1-3-5-12/h1-6,8,19H,7,9-11H2,(H,16,17). The average molecular weight is 275 g/mol. The van der Waals surface area contributed by atoms with Crippen molar-refractivity contribution < 1.29 is 9.21 Å². The Bertz CT molecular complexity index is 522. The molecule has 1 heterocycles. The maximum atomic E-state index is 11.5. The first-order chi connectivity index (χ1) is 9.29. The van der Waals surface area contributed by atoms with Gasteiger partial charge in [-0.15, -0.1) is 0 Å². The summed E-state index contributed by atoms with van der Waals surface area (Å²) in [6.45, 7) is 0.607. The first-order valence-electron chi connectivity index (χ1n) is 6.31. The van der Waals surface area contributed by atoms with E-state index in [1.165, 1.54) is 0 Å². The zero-order chi connectivity index (χ0) is 13.5. The van der Waals surface area contributed by atoms with E-state index in [1.807, 2.05) is 42.5 Å². The van der Waals surface area contributed by atoms with E-state index in [0.29, 0.717) is 25.1 Å². The van der Waals surface area contributed by atoms with E-state index in [1.54, 1.807) is 0 Å². The molecule has 2 rings (SSSR count). The molecule has 0 radical (unpaired) electrons. The lowest BCUT2D eigenvalue weighted by Crippen LogP contribution is -2.25. The van der Waals surface area contributed by atoms with Crippen LogP contribution in [0, 0.1) is 0 Å². The monoisotopic (exact) mass is 275 g/mol. The van der Waals surface area contributed by atoms with E-state index in [4.69, 9.17) is 4.42 Å². The van der Waals surface area contributed by atoms with Gasteiger partial charge in [0.15, 0.2) is 0 Å². The number of carbonyl (C=O) groups excluding carboxylic acids is 1. The first-order valence-corrected chi connectivity index (χ1v) is 6.94. The molecule has 0 spiro atoms. The predicted molar refractivity (Wildman–Crippen MR) is 79.3 cm³/mol. The summed E-state index contributed by atoms with van der Waals surface area (Å²) in [5.41, 5.74) is 1.05. The van der Waals surface area contributed by atoms with Crippen molar-refractivity contribution in [2.24, 2.45) is 0 Å². The summed E-state index contributed by atoms with van der Waals surface area (Å²) < 4.78 is 5.73. The van der Waals surface area contributed by atoms with E-state index in [0.717, 1.165) is 17.1 Å². The van der Waals surface area contributed by atoms with Crippen LogP contribution in [0.2, 0.25) is 0 Å². The second-order valence-electron chi connectivity index (χ2n) is 4.21. The highest BCUT2D eigenvalue weighted by atomic mass is 32.1. The van der Waals surface area contributed by atoms with Gasteiger partial charge in [-0.2, -0.15) is 12.6 Å². The molecule has 0 saturated heterocycles. The van der Waals surface area contributed by atoms with Crippen molar-refractivity contribution in [1.29, 1.82) is 0 Å². The number of hydrogen-bond acceptors (Lipinski definition) is 3. The van der Waals surface area contributed by atoms with Crippen LogP contribution in [0.15, 0.2) is 46.9 Å². The molecule has 0 aliphatic rings. The minimum Gasteiger partial charge on any atom is -0.461 e. The Hall–Kier alpha value is -1.68. The molecule has 0 bridgehead atoms. The number of furan rings is 1. The van der Waals surface area contributed by atoms with Gasteiger partial charge in [0.25, 0.3) is 0 Å². The lowest BCUT2D eigenvalue weighted by Gasteiger charge is -2.01.